The van der Waals surface area contributed by atoms with Crippen LogP contribution in [0.3, 0.4) is 0 Å². The molecule has 0 aromatic heterocycles. The zero-order valence-corrected chi connectivity index (χ0v) is 11.9. The van der Waals surface area contributed by atoms with E-state index in [0.29, 0.717) is 10.6 Å². The van der Waals surface area contributed by atoms with Crippen LogP contribution in [0.5, 0.6) is 0 Å². The fourth-order valence-corrected chi connectivity index (χ4v) is 2.15. The number of hydrogen-bond acceptors (Lipinski definition) is 1. The Morgan fingerprint density at radius 3 is 2.42 bits per heavy atom. The fraction of sp³-hybridized carbons (Fsp3) is 0.250. The van der Waals surface area contributed by atoms with Crippen LogP contribution in [0, 0.1) is 12.7 Å². The Labute approximate surface area is 118 Å². The van der Waals surface area contributed by atoms with Gasteiger partial charge in [0.05, 0.1) is 0 Å². The van der Waals surface area contributed by atoms with Crippen LogP contribution in [0.2, 0.25) is 5.02 Å². The first-order chi connectivity index (χ1) is 9.11. The Balaban J connectivity index is 2.30. The highest BCUT2D eigenvalue weighted by atomic mass is 35.5. The molecule has 0 atom stereocenters. The van der Waals surface area contributed by atoms with Crippen LogP contribution >= 0.6 is 11.6 Å². The van der Waals surface area contributed by atoms with Crippen molar-refractivity contribution in [1.29, 1.82) is 0 Å². The molecule has 0 bridgehead atoms. The van der Waals surface area contributed by atoms with Gasteiger partial charge < -0.3 is 5.32 Å². The molecule has 2 aromatic carbocycles. The van der Waals surface area contributed by atoms with Crippen LogP contribution in [-0.4, -0.2) is 6.54 Å². The zero-order chi connectivity index (χ0) is 13.8. The maximum atomic E-state index is 13.6. The Kier molecular flexibility index (Phi) is 4.56. The van der Waals surface area contributed by atoms with E-state index in [1.807, 2.05) is 24.3 Å². The molecule has 100 valence electrons. The molecule has 0 radical (unpaired) electrons. The Morgan fingerprint density at radius 1 is 1.11 bits per heavy atom. The van der Waals surface area contributed by atoms with Crippen LogP contribution in [0.25, 0.3) is 11.1 Å². The van der Waals surface area contributed by atoms with Gasteiger partial charge >= 0.3 is 0 Å². The maximum Gasteiger partial charge on any atom is 0.126 e. The molecule has 1 nitrogen and oxygen atoms in total. The number of benzene rings is 2. The monoisotopic (exact) mass is 277 g/mol. The molecule has 0 aliphatic heterocycles. The number of nitrogens with one attached hydrogen (secondary N) is 1. The molecule has 0 fully saturated rings. The average Bonchev–Trinajstić information content (AvgIpc) is 2.40. The second-order valence-electron chi connectivity index (χ2n) is 4.55. The van der Waals surface area contributed by atoms with Gasteiger partial charge in [0.2, 0.25) is 0 Å². The summed E-state index contributed by atoms with van der Waals surface area (Å²) in [5.41, 5.74) is 3.49. The first-order valence-electron chi connectivity index (χ1n) is 6.37. The van der Waals surface area contributed by atoms with Crippen LogP contribution in [0.15, 0.2) is 36.4 Å². The number of halogens is 2. The van der Waals surface area contributed by atoms with Crippen LogP contribution in [0.4, 0.5) is 4.39 Å². The van der Waals surface area contributed by atoms with E-state index in [1.54, 1.807) is 19.1 Å². The van der Waals surface area contributed by atoms with Gasteiger partial charge in [-0.2, -0.15) is 0 Å². The van der Waals surface area contributed by atoms with Crippen LogP contribution < -0.4 is 5.32 Å². The summed E-state index contributed by atoms with van der Waals surface area (Å²) in [6, 6.07) is 11.1. The smallest absolute Gasteiger partial charge is 0.126 e. The van der Waals surface area contributed by atoms with Crippen LogP contribution in [-0.2, 0) is 6.54 Å². The molecule has 0 aliphatic carbocycles. The van der Waals surface area contributed by atoms with Gasteiger partial charge in [-0.15, -0.1) is 0 Å². The van der Waals surface area contributed by atoms with E-state index in [1.165, 1.54) is 0 Å². The molecular weight excluding hydrogens is 261 g/mol. The first kappa shape index (κ1) is 14.0. The van der Waals surface area contributed by atoms with Crippen molar-refractivity contribution in [3.05, 3.63) is 58.4 Å². The lowest BCUT2D eigenvalue weighted by Gasteiger charge is -2.08. The van der Waals surface area contributed by atoms with Crippen LogP contribution in [0.1, 0.15) is 18.1 Å². The lowest BCUT2D eigenvalue weighted by Crippen LogP contribution is -2.11. The van der Waals surface area contributed by atoms with E-state index in [2.05, 4.69) is 12.2 Å². The minimum Gasteiger partial charge on any atom is -0.313 e. The third-order valence-corrected chi connectivity index (χ3v) is 3.48. The molecule has 2 rings (SSSR count). The predicted octanol–water partition coefficient (Wildman–Crippen LogP) is 4.56. The second-order valence-corrected chi connectivity index (χ2v) is 4.96. The summed E-state index contributed by atoms with van der Waals surface area (Å²) in [5, 5.41) is 3.94. The molecule has 0 unspecified atom stereocenters. The minimum absolute atomic E-state index is 0.189. The summed E-state index contributed by atoms with van der Waals surface area (Å²) in [4.78, 5) is 0. The van der Waals surface area contributed by atoms with Gasteiger partial charge in [-0.1, -0.05) is 42.8 Å². The molecular formula is C16H17ClFN. The van der Waals surface area contributed by atoms with Crippen molar-refractivity contribution in [2.45, 2.75) is 20.4 Å². The topological polar surface area (TPSA) is 12.0 Å². The van der Waals surface area contributed by atoms with Crippen molar-refractivity contribution >= 4 is 11.6 Å². The zero-order valence-electron chi connectivity index (χ0n) is 11.1. The average molecular weight is 278 g/mol. The van der Waals surface area contributed by atoms with Gasteiger partial charge in [0, 0.05) is 11.6 Å². The summed E-state index contributed by atoms with van der Waals surface area (Å²) in [6.07, 6.45) is 0. The van der Waals surface area contributed by atoms with Gasteiger partial charge in [-0.05, 0) is 47.9 Å². The molecule has 0 spiro atoms. The first-order valence-corrected chi connectivity index (χ1v) is 6.75. The van der Waals surface area contributed by atoms with E-state index >= 15 is 0 Å². The van der Waals surface area contributed by atoms with Gasteiger partial charge in [0.15, 0.2) is 0 Å². The van der Waals surface area contributed by atoms with Crippen molar-refractivity contribution < 1.29 is 4.39 Å². The van der Waals surface area contributed by atoms with Crippen molar-refractivity contribution in [1.82, 2.24) is 5.32 Å². The Morgan fingerprint density at radius 2 is 1.79 bits per heavy atom. The van der Waals surface area contributed by atoms with Gasteiger partial charge in [0.1, 0.15) is 5.82 Å². The predicted molar refractivity (Wildman–Crippen MR) is 79.0 cm³/mol. The molecule has 1 N–H and O–H groups in total. The molecule has 2 aromatic rings. The van der Waals surface area contributed by atoms with Crippen molar-refractivity contribution in [2.75, 3.05) is 6.54 Å². The summed E-state index contributed by atoms with van der Waals surface area (Å²) < 4.78 is 13.6. The Bertz CT molecular complexity index is 581. The molecule has 0 aliphatic rings. The molecule has 0 heterocycles. The van der Waals surface area contributed by atoms with Crippen molar-refractivity contribution in [2.24, 2.45) is 0 Å². The van der Waals surface area contributed by atoms with Gasteiger partial charge in [0.25, 0.3) is 0 Å². The molecule has 0 amide bonds. The van der Waals surface area contributed by atoms with Gasteiger partial charge in [-0.3, -0.25) is 0 Å². The molecule has 19 heavy (non-hydrogen) atoms. The van der Waals surface area contributed by atoms with Crippen molar-refractivity contribution in [3.8, 4) is 11.1 Å². The van der Waals surface area contributed by atoms with E-state index in [9.17, 15) is 4.39 Å². The highest BCUT2D eigenvalue weighted by Gasteiger charge is 2.05. The normalized spacial score (nSPS) is 10.7. The maximum absolute atomic E-state index is 13.6. The third kappa shape index (κ3) is 3.34. The molecule has 0 saturated carbocycles. The number of rotatable bonds is 4. The van der Waals surface area contributed by atoms with Gasteiger partial charge in [-0.25, -0.2) is 4.39 Å². The lowest BCUT2D eigenvalue weighted by molar-refractivity contribution is 0.619. The second kappa shape index (κ2) is 6.18. The van der Waals surface area contributed by atoms with E-state index in [4.69, 9.17) is 11.6 Å². The minimum atomic E-state index is -0.189. The lowest BCUT2D eigenvalue weighted by atomic mass is 10.0. The van der Waals surface area contributed by atoms with E-state index < -0.39 is 0 Å². The quantitative estimate of drug-likeness (QED) is 0.864. The SMILES string of the molecule is CCNCc1ccc(-c2ccc(C)c(F)c2)cc1Cl. The summed E-state index contributed by atoms with van der Waals surface area (Å²) >= 11 is 6.25. The van der Waals surface area contributed by atoms with E-state index in [0.717, 1.165) is 29.8 Å². The standard InChI is InChI=1S/C16H17ClFN/c1-3-19-10-14-7-6-12(8-15(14)17)13-5-4-11(2)16(18)9-13/h4-9,19H,3,10H2,1-2H3. The summed E-state index contributed by atoms with van der Waals surface area (Å²) in [7, 11) is 0. The molecule has 0 saturated heterocycles. The molecule has 3 heteroatoms. The highest BCUT2D eigenvalue weighted by molar-refractivity contribution is 6.31. The fourth-order valence-electron chi connectivity index (χ4n) is 1.90. The largest absolute Gasteiger partial charge is 0.313 e. The third-order valence-electron chi connectivity index (χ3n) is 3.12. The number of hydrogen-bond donors (Lipinski definition) is 1. The highest BCUT2D eigenvalue weighted by Crippen LogP contribution is 2.26. The summed E-state index contributed by atoms with van der Waals surface area (Å²) in [5.74, 6) is -0.189. The van der Waals surface area contributed by atoms with E-state index in [-0.39, 0.29) is 5.82 Å². The Hall–Kier alpha value is -1.38. The number of aryl methyl sites for hydroxylation is 1. The van der Waals surface area contributed by atoms with Crippen molar-refractivity contribution in [3.63, 3.8) is 0 Å². The summed E-state index contributed by atoms with van der Waals surface area (Å²) in [6.45, 7) is 5.46.